The first-order valence-electron chi connectivity index (χ1n) is 6.52. The average Bonchev–Trinajstić information content (AvgIpc) is 3.24. The minimum absolute atomic E-state index is 0.250. The fourth-order valence-corrected chi connectivity index (χ4v) is 2.04. The van der Waals surface area contributed by atoms with Crippen LogP contribution < -0.4 is 10.1 Å². The molecule has 0 radical (unpaired) electrons. The molecule has 0 unspecified atom stereocenters. The number of ether oxygens (including phenoxy) is 1. The van der Waals surface area contributed by atoms with Gasteiger partial charge in [-0.1, -0.05) is 11.6 Å². The summed E-state index contributed by atoms with van der Waals surface area (Å²) in [6.07, 6.45) is 4.17. The van der Waals surface area contributed by atoms with Crippen molar-refractivity contribution >= 4 is 11.6 Å². The van der Waals surface area contributed by atoms with Crippen LogP contribution in [-0.4, -0.2) is 11.0 Å². The first-order valence-corrected chi connectivity index (χ1v) is 6.90. The highest BCUT2D eigenvalue weighted by molar-refractivity contribution is 6.32. The Morgan fingerprint density at radius 3 is 2.90 bits per heavy atom. The Morgan fingerprint density at radius 1 is 1.30 bits per heavy atom. The summed E-state index contributed by atoms with van der Waals surface area (Å²) < 4.78 is 18.6. The molecule has 0 atom stereocenters. The highest BCUT2D eigenvalue weighted by Crippen LogP contribution is 2.30. The van der Waals surface area contributed by atoms with E-state index in [4.69, 9.17) is 16.3 Å². The molecule has 0 saturated heterocycles. The first-order chi connectivity index (χ1) is 9.70. The van der Waals surface area contributed by atoms with Gasteiger partial charge < -0.3 is 10.1 Å². The number of hydrogen-bond acceptors (Lipinski definition) is 3. The summed E-state index contributed by atoms with van der Waals surface area (Å²) in [5, 5.41) is 3.64. The van der Waals surface area contributed by atoms with Gasteiger partial charge in [0.15, 0.2) is 0 Å². The standard InChI is InChI=1S/C15H14ClFN2O/c16-14-7-10(17)1-4-15(14)20-13-5-6-18-12(8-13)9-19-11-2-3-11/h1,4-8,11,19H,2-3,9H2. The monoisotopic (exact) mass is 292 g/mol. The Balaban J connectivity index is 1.70. The fourth-order valence-electron chi connectivity index (χ4n) is 1.84. The maximum atomic E-state index is 13.0. The Morgan fingerprint density at radius 2 is 2.15 bits per heavy atom. The van der Waals surface area contributed by atoms with Crippen molar-refractivity contribution in [1.29, 1.82) is 0 Å². The molecule has 2 aromatic rings. The number of aromatic nitrogens is 1. The first kappa shape index (κ1) is 13.3. The van der Waals surface area contributed by atoms with Crippen LogP contribution in [0.25, 0.3) is 0 Å². The molecule has 1 saturated carbocycles. The van der Waals surface area contributed by atoms with Crippen LogP contribution in [0.4, 0.5) is 4.39 Å². The van der Waals surface area contributed by atoms with Gasteiger partial charge in [-0.3, -0.25) is 4.98 Å². The maximum absolute atomic E-state index is 13.0. The van der Waals surface area contributed by atoms with Gasteiger partial charge in [0.05, 0.1) is 10.7 Å². The number of nitrogens with zero attached hydrogens (tertiary/aromatic N) is 1. The van der Waals surface area contributed by atoms with Crippen molar-refractivity contribution in [2.75, 3.05) is 0 Å². The molecule has 1 fully saturated rings. The van der Waals surface area contributed by atoms with Gasteiger partial charge in [0.25, 0.3) is 0 Å². The van der Waals surface area contributed by atoms with Crippen molar-refractivity contribution in [1.82, 2.24) is 10.3 Å². The Hall–Kier alpha value is -1.65. The van der Waals surface area contributed by atoms with Crippen LogP contribution in [0.3, 0.4) is 0 Å². The molecule has 1 aliphatic rings. The smallest absolute Gasteiger partial charge is 0.146 e. The third-order valence-electron chi connectivity index (χ3n) is 3.06. The van der Waals surface area contributed by atoms with Gasteiger partial charge in [0.1, 0.15) is 17.3 Å². The summed E-state index contributed by atoms with van der Waals surface area (Å²) in [7, 11) is 0. The molecule has 0 bridgehead atoms. The number of benzene rings is 1. The molecule has 3 rings (SSSR count). The van der Waals surface area contributed by atoms with Crippen molar-refractivity contribution in [2.24, 2.45) is 0 Å². The minimum Gasteiger partial charge on any atom is -0.456 e. The number of nitrogens with one attached hydrogen (secondary N) is 1. The molecule has 104 valence electrons. The van der Waals surface area contributed by atoms with E-state index in [9.17, 15) is 4.39 Å². The van der Waals surface area contributed by atoms with Crippen LogP contribution in [0.5, 0.6) is 11.5 Å². The second-order valence-corrected chi connectivity index (χ2v) is 5.22. The van der Waals surface area contributed by atoms with Crippen molar-refractivity contribution in [3.05, 3.63) is 53.1 Å². The fraction of sp³-hybridized carbons (Fsp3) is 0.267. The molecule has 1 heterocycles. The second-order valence-electron chi connectivity index (χ2n) is 4.81. The van der Waals surface area contributed by atoms with E-state index in [2.05, 4.69) is 10.3 Å². The Labute approximate surface area is 121 Å². The van der Waals surface area contributed by atoms with E-state index >= 15 is 0 Å². The van der Waals surface area contributed by atoms with Gasteiger partial charge in [-0.15, -0.1) is 0 Å². The zero-order valence-corrected chi connectivity index (χ0v) is 11.5. The molecule has 1 N–H and O–H groups in total. The molecule has 1 aliphatic carbocycles. The predicted molar refractivity (Wildman–Crippen MR) is 75.6 cm³/mol. The number of hydrogen-bond donors (Lipinski definition) is 1. The van der Waals surface area contributed by atoms with Crippen molar-refractivity contribution in [2.45, 2.75) is 25.4 Å². The third kappa shape index (κ3) is 3.46. The summed E-state index contributed by atoms with van der Waals surface area (Å²) in [5.74, 6) is 0.688. The molecule has 0 aliphatic heterocycles. The van der Waals surface area contributed by atoms with Gasteiger partial charge in [-0.2, -0.15) is 0 Å². The number of pyridine rings is 1. The predicted octanol–water partition coefficient (Wildman–Crippen LogP) is 3.92. The van der Waals surface area contributed by atoms with Gasteiger partial charge in [-0.05, 0) is 37.1 Å². The van der Waals surface area contributed by atoms with E-state index in [0.29, 0.717) is 17.5 Å². The van der Waals surface area contributed by atoms with Crippen LogP contribution >= 0.6 is 11.6 Å². The van der Waals surface area contributed by atoms with Crippen LogP contribution in [0, 0.1) is 5.82 Å². The summed E-state index contributed by atoms with van der Waals surface area (Å²) in [5.41, 5.74) is 0.910. The molecule has 0 amide bonds. The van der Waals surface area contributed by atoms with Crippen molar-refractivity contribution in [3.63, 3.8) is 0 Å². The Bertz CT molecular complexity index is 617. The summed E-state index contributed by atoms with van der Waals surface area (Å²) >= 11 is 5.94. The zero-order chi connectivity index (χ0) is 13.9. The summed E-state index contributed by atoms with van der Waals surface area (Å²) in [4.78, 5) is 4.28. The minimum atomic E-state index is -0.383. The zero-order valence-electron chi connectivity index (χ0n) is 10.8. The normalized spacial score (nSPS) is 14.3. The summed E-state index contributed by atoms with van der Waals surface area (Å²) in [6.45, 7) is 0.721. The molecular weight excluding hydrogens is 279 g/mol. The maximum Gasteiger partial charge on any atom is 0.146 e. The highest BCUT2D eigenvalue weighted by Gasteiger charge is 2.20. The van der Waals surface area contributed by atoms with Crippen LogP contribution in [0.15, 0.2) is 36.5 Å². The molecular formula is C15H14ClFN2O. The van der Waals surface area contributed by atoms with E-state index < -0.39 is 0 Å². The van der Waals surface area contributed by atoms with Crippen molar-refractivity contribution < 1.29 is 9.13 Å². The topological polar surface area (TPSA) is 34.1 Å². The molecule has 1 aromatic carbocycles. The SMILES string of the molecule is Fc1ccc(Oc2ccnc(CNC3CC3)c2)c(Cl)c1. The van der Waals surface area contributed by atoms with E-state index in [1.54, 1.807) is 12.3 Å². The number of halogens is 2. The lowest BCUT2D eigenvalue weighted by molar-refractivity contribution is 0.478. The molecule has 5 heteroatoms. The molecule has 20 heavy (non-hydrogen) atoms. The van der Waals surface area contributed by atoms with Gasteiger partial charge in [-0.25, -0.2) is 4.39 Å². The number of rotatable bonds is 5. The molecule has 3 nitrogen and oxygen atoms in total. The average molecular weight is 293 g/mol. The van der Waals surface area contributed by atoms with E-state index in [1.807, 2.05) is 6.07 Å². The van der Waals surface area contributed by atoms with Gasteiger partial charge in [0.2, 0.25) is 0 Å². The lowest BCUT2D eigenvalue weighted by Crippen LogP contribution is -2.16. The Kier molecular flexibility index (Phi) is 3.85. The van der Waals surface area contributed by atoms with E-state index in [0.717, 1.165) is 12.2 Å². The van der Waals surface area contributed by atoms with E-state index in [-0.39, 0.29) is 10.8 Å². The molecule has 0 spiro atoms. The lowest BCUT2D eigenvalue weighted by atomic mass is 10.3. The molecule has 1 aromatic heterocycles. The van der Waals surface area contributed by atoms with E-state index in [1.165, 1.54) is 31.0 Å². The highest BCUT2D eigenvalue weighted by atomic mass is 35.5. The van der Waals surface area contributed by atoms with Gasteiger partial charge in [0, 0.05) is 24.8 Å². The van der Waals surface area contributed by atoms with Crippen molar-refractivity contribution in [3.8, 4) is 11.5 Å². The lowest BCUT2D eigenvalue weighted by Gasteiger charge is -2.09. The van der Waals surface area contributed by atoms with Crippen LogP contribution in [-0.2, 0) is 6.54 Å². The van der Waals surface area contributed by atoms with Crippen LogP contribution in [0.1, 0.15) is 18.5 Å². The quantitative estimate of drug-likeness (QED) is 0.907. The summed E-state index contributed by atoms with van der Waals surface area (Å²) in [6, 6.07) is 8.30. The van der Waals surface area contributed by atoms with Crippen LogP contribution in [0.2, 0.25) is 5.02 Å². The van der Waals surface area contributed by atoms with Gasteiger partial charge >= 0.3 is 0 Å². The second kappa shape index (κ2) is 5.77. The third-order valence-corrected chi connectivity index (χ3v) is 3.35. The largest absolute Gasteiger partial charge is 0.456 e.